The van der Waals surface area contributed by atoms with E-state index in [-0.39, 0.29) is 6.61 Å². The highest BCUT2D eigenvalue weighted by Crippen LogP contribution is 2.55. The number of halogens is 3. The first kappa shape index (κ1) is 25.8. The Kier molecular flexibility index (Phi) is 6.66. The minimum absolute atomic E-state index is 0.0627. The first-order chi connectivity index (χ1) is 16.8. The van der Waals surface area contributed by atoms with Gasteiger partial charge in [-0.15, -0.1) is 0 Å². The molecule has 3 aliphatic carbocycles. The molecule has 36 heavy (non-hydrogen) atoms. The number of amides is 1. The van der Waals surface area contributed by atoms with E-state index in [2.05, 4.69) is 5.32 Å². The number of rotatable bonds is 5. The zero-order valence-electron chi connectivity index (χ0n) is 20.6. The van der Waals surface area contributed by atoms with Gasteiger partial charge in [0.15, 0.2) is 0 Å². The second-order valence-corrected chi connectivity index (χ2v) is 10.6. The van der Waals surface area contributed by atoms with Crippen LogP contribution in [0.2, 0.25) is 0 Å². The van der Waals surface area contributed by atoms with Crippen molar-refractivity contribution in [2.45, 2.75) is 70.4 Å². The number of carbonyl (C=O) groups excluding carboxylic acids is 2. The maximum Gasteiger partial charge on any atom is 0.416 e. The van der Waals surface area contributed by atoms with Gasteiger partial charge in [-0.2, -0.15) is 13.2 Å². The molecule has 0 heterocycles. The van der Waals surface area contributed by atoms with Gasteiger partial charge in [-0.25, -0.2) is 4.79 Å². The smallest absolute Gasteiger partial charge is 0.416 e. The number of hydrogen-bond acceptors (Lipinski definition) is 4. The molecule has 0 saturated heterocycles. The standard InChI is InChI=1S/C28H30F3NO4/c1-25(2,3)36-23(33)26-12-14-27(15-13-26,32-24(34)35-18-19-8-5-4-6-9-19)22(17-26)20-10-7-11-21(16-20)28(29,30)31/h4-11,16-17H,12-15,18H2,1-3H3,(H,32,34). The SMILES string of the molecule is CC(C)(C)OC(=O)C12C=C(c3cccc(C(F)(F)F)c3)C(NC(=O)OCc3ccccc3)(CC1)CC2. The molecule has 0 spiro atoms. The normalized spacial score (nSPS) is 23.6. The molecular weight excluding hydrogens is 471 g/mol. The van der Waals surface area contributed by atoms with E-state index in [1.807, 2.05) is 30.3 Å². The number of benzene rings is 2. The molecule has 0 aromatic heterocycles. The van der Waals surface area contributed by atoms with Crippen LogP contribution in [0.3, 0.4) is 0 Å². The lowest BCUT2D eigenvalue weighted by atomic mass is 9.57. The molecule has 2 aromatic rings. The van der Waals surface area contributed by atoms with Crippen molar-refractivity contribution in [2.24, 2.45) is 5.41 Å². The molecule has 0 unspecified atom stereocenters. The summed E-state index contributed by atoms with van der Waals surface area (Å²) in [7, 11) is 0. The van der Waals surface area contributed by atoms with Crippen molar-refractivity contribution in [3.63, 3.8) is 0 Å². The summed E-state index contributed by atoms with van der Waals surface area (Å²) in [6, 6.07) is 14.2. The van der Waals surface area contributed by atoms with Gasteiger partial charge in [-0.05, 0) is 75.3 Å². The molecule has 2 aromatic carbocycles. The van der Waals surface area contributed by atoms with Gasteiger partial charge in [0.2, 0.25) is 0 Å². The van der Waals surface area contributed by atoms with E-state index < -0.39 is 40.4 Å². The maximum atomic E-state index is 13.5. The van der Waals surface area contributed by atoms with Gasteiger partial charge < -0.3 is 14.8 Å². The minimum atomic E-state index is -4.53. The fraction of sp³-hybridized carbons (Fsp3) is 0.429. The Hall–Kier alpha value is -3.29. The zero-order chi connectivity index (χ0) is 26.2. The Labute approximate surface area is 208 Å². The zero-order valence-corrected chi connectivity index (χ0v) is 20.6. The van der Waals surface area contributed by atoms with Crippen LogP contribution in [0.15, 0.2) is 60.7 Å². The number of hydrogen-bond donors (Lipinski definition) is 1. The number of ether oxygens (including phenoxy) is 2. The second-order valence-electron chi connectivity index (χ2n) is 10.6. The fourth-order valence-corrected chi connectivity index (χ4v) is 4.96. The number of esters is 1. The molecule has 1 N–H and O–H groups in total. The highest BCUT2D eigenvalue weighted by Gasteiger charge is 2.55. The number of carbonyl (C=O) groups is 2. The summed E-state index contributed by atoms with van der Waals surface area (Å²) in [6.07, 6.45) is -1.93. The van der Waals surface area contributed by atoms with Crippen LogP contribution < -0.4 is 5.32 Å². The fourth-order valence-electron chi connectivity index (χ4n) is 4.96. The topological polar surface area (TPSA) is 64.6 Å². The lowest BCUT2D eigenvalue weighted by Gasteiger charge is -2.51. The molecule has 2 bridgehead atoms. The summed E-state index contributed by atoms with van der Waals surface area (Å²) in [4.78, 5) is 26.1. The molecule has 5 nitrogen and oxygen atoms in total. The number of fused-ring (bicyclic) bond motifs is 2. The van der Waals surface area contributed by atoms with E-state index in [9.17, 15) is 22.8 Å². The molecule has 5 rings (SSSR count). The van der Waals surface area contributed by atoms with Crippen LogP contribution in [0, 0.1) is 5.41 Å². The third-order valence-electron chi connectivity index (χ3n) is 6.79. The summed E-state index contributed by atoms with van der Waals surface area (Å²) in [5.41, 5.74) is -1.82. The molecule has 0 aliphatic heterocycles. The van der Waals surface area contributed by atoms with Crippen LogP contribution >= 0.6 is 0 Å². The van der Waals surface area contributed by atoms with E-state index in [0.717, 1.165) is 17.7 Å². The van der Waals surface area contributed by atoms with E-state index in [4.69, 9.17) is 9.47 Å². The van der Waals surface area contributed by atoms with Gasteiger partial charge in [0.1, 0.15) is 12.2 Å². The molecular formula is C28H30F3NO4. The van der Waals surface area contributed by atoms with Crippen LogP contribution in [-0.4, -0.2) is 23.2 Å². The van der Waals surface area contributed by atoms with Gasteiger partial charge in [-0.3, -0.25) is 4.79 Å². The summed E-state index contributed by atoms with van der Waals surface area (Å²) in [5.74, 6) is -0.403. The van der Waals surface area contributed by atoms with Crippen molar-refractivity contribution < 1.29 is 32.2 Å². The molecule has 1 saturated carbocycles. The maximum absolute atomic E-state index is 13.5. The summed E-state index contributed by atoms with van der Waals surface area (Å²) >= 11 is 0. The quantitative estimate of drug-likeness (QED) is 0.465. The van der Waals surface area contributed by atoms with Crippen molar-refractivity contribution in [3.05, 3.63) is 77.4 Å². The Bertz CT molecular complexity index is 1160. The van der Waals surface area contributed by atoms with E-state index in [1.165, 1.54) is 6.07 Å². The number of alkyl carbamates (subject to hydrolysis) is 1. The van der Waals surface area contributed by atoms with E-state index in [0.29, 0.717) is 36.8 Å². The van der Waals surface area contributed by atoms with Crippen LogP contribution in [0.4, 0.5) is 18.0 Å². The third kappa shape index (κ3) is 5.42. The number of nitrogens with one attached hydrogen (secondary N) is 1. The number of alkyl halides is 3. The van der Waals surface area contributed by atoms with Gasteiger partial charge >= 0.3 is 18.2 Å². The van der Waals surface area contributed by atoms with Crippen LogP contribution in [0.5, 0.6) is 0 Å². The van der Waals surface area contributed by atoms with Crippen molar-refractivity contribution in [3.8, 4) is 0 Å². The van der Waals surface area contributed by atoms with Crippen molar-refractivity contribution in [2.75, 3.05) is 0 Å². The summed E-state index contributed by atoms with van der Waals surface area (Å²) in [5, 5.41) is 2.94. The van der Waals surface area contributed by atoms with Crippen molar-refractivity contribution >= 4 is 17.6 Å². The van der Waals surface area contributed by atoms with Gasteiger partial charge in [0, 0.05) is 0 Å². The average molecular weight is 502 g/mol. The molecule has 3 aliphatic rings. The highest BCUT2D eigenvalue weighted by atomic mass is 19.4. The monoisotopic (exact) mass is 501 g/mol. The van der Waals surface area contributed by atoms with Gasteiger partial charge in [0.25, 0.3) is 0 Å². The Balaban J connectivity index is 1.68. The van der Waals surface area contributed by atoms with Gasteiger partial charge in [0.05, 0.1) is 16.5 Å². The molecule has 192 valence electrons. The second kappa shape index (κ2) is 9.30. The average Bonchev–Trinajstić information content (AvgIpc) is 2.82. The van der Waals surface area contributed by atoms with Crippen molar-refractivity contribution in [1.29, 1.82) is 0 Å². The third-order valence-corrected chi connectivity index (χ3v) is 6.79. The highest BCUT2D eigenvalue weighted by molar-refractivity contribution is 5.89. The largest absolute Gasteiger partial charge is 0.459 e. The van der Waals surface area contributed by atoms with Crippen LogP contribution in [-0.2, 0) is 27.1 Å². The van der Waals surface area contributed by atoms with Crippen LogP contribution in [0.25, 0.3) is 5.57 Å². The predicted molar refractivity (Wildman–Crippen MR) is 129 cm³/mol. The molecule has 1 fully saturated rings. The molecule has 0 atom stereocenters. The minimum Gasteiger partial charge on any atom is -0.459 e. The Morgan fingerprint density at radius 1 is 0.944 bits per heavy atom. The Morgan fingerprint density at radius 3 is 2.22 bits per heavy atom. The van der Waals surface area contributed by atoms with Crippen LogP contribution in [0.1, 0.15) is 63.1 Å². The van der Waals surface area contributed by atoms with E-state index >= 15 is 0 Å². The lowest BCUT2D eigenvalue weighted by molar-refractivity contribution is -0.167. The molecule has 0 radical (unpaired) electrons. The van der Waals surface area contributed by atoms with Gasteiger partial charge in [-0.1, -0.05) is 48.5 Å². The first-order valence-corrected chi connectivity index (χ1v) is 12.0. The first-order valence-electron chi connectivity index (χ1n) is 12.0. The molecule has 8 heteroatoms. The summed E-state index contributed by atoms with van der Waals surface area (Å²) in [6.45, 7) is 5.39. The Morgan fingerprint density at radius 2 is 1.61 bits per heavy atom. The predicted octanol–water partition coefficient (Wildman–Crippen LogP) is 6.67. The van der Waals surface area contributed by atoms with Crippen molar-refractivity contribution in [1.82, 2.24) is 5.32 Å². The summed E-state index contributed by atoms with van der Waals surface area (Å²) < 4.78 is 51.6. The lowest BCUT2D eigenvalue weighted by Crippen LogP contribution is -2.58. The molecule has 1 amide bonds. The van der Waals surface area contributed by atoms with E-state index in [1.54, 1.807) is 32.9 Å².